The highest BCUT2D eigenvalue weighted by Crippen LogP contribution is 2.37. The zero-order chi connectivity index (χ0) is 16.2. The second-order valence-electron chi connectivity index (χ2n) is 7.84. The summed E-state index contributed by atoms with van der Waals surface area (Å²) in [6, 6.07) is 0.534. The summed E-state index contributed by atoms with van der Waals surface area (Å²) >= 11 is 0. The maximum atomic E-state index is 12.5. The molecule has 1 saturated carbocycles. The largest absolute Gasteiger partial charge is 0.377 e. The molecule has 5 nitrogen and oxygen atoms in total. The number of hydrogen-bond donors (Lipinski definition) is 1. The van der Waals surface area contributed by atoms with E-state index in [0.29, 0.717) is 12.1 Å². The van der Waals surface area contributed by atoms with E-state index in [1.807, 2.05) is 0 Å². The third-order valence-corrected chi connectivity index (χ3v) is 5.79. The van der Waals surface area contributed by atoms with Gasteiger partial charge < -0.3 is 19.9 Å². The maximum absolute atomic E-state index is 12.5. The van der Waals surface area contributed by atoms with Crippen molar-refractivity contribution in [3.05, 3.63) is 0 Å². The molecule has 0 radical (unpaired) electrons. The predicted molar refractivity (Wildman–Crippen MR) is 91.5 cm³/mol. The van der Waals surface area contributed by atoms with Crippen LogP contribution in [0.15, 0.2) is 0 Å². The molecule has 1 N–H and O–H groups in total. The quantitative estimate of drug-likeness (QED) is 0.844. The van der Waals surface area contributed by atoms with E-state index in [4.69, 9.17) is 4.74 Å². The number of hydrogen-bond acceptors (Lipinski definition) is 3. The summed E-state index contributed by atoms with van der Waals surface area (Å²) in [5.41, 5.74) is 0. The molecule has 2 saturated heterocycles. The van der Waals surface area contributed by atoms with Gasteiger partial charge in [0.05, 0.1) is 12.7 Å². The van der Waals surface area contributed by atoms with Gasteiger partial charge in [-0.15, -0.1) is 0 Å². The van der Waals surface area contributed by atoms with Crippen molar-refractivity contribution in [2.45, 2.75) is 58.1 Å². The summed E-state index contributed by atoms with van der Waals surface area (Å²) in [5, 5.41) is 3.27. The average Bonchev–Trinajstić information content (AvgIpc) is 3.10. The summed E-state index contributed by atoms with van der Waals surface area (Å²) in [5.74, 6) is 1.56. The van der Waals surface area contributed by atoms with Crippen molar-refractivity contribution in [2.75, 3.05) is 39.3 Å². The Morgan fingerprint density at radius 3 is 2.39 bits per heavy atom. The van der Waals surface area contributed by atoms with Crippen LogP contribution in [-0.2, 0) is 4.74 Å². The molecule has 3 fully saturated rings. The molecule has 0 unspecified atom stereocenters. The van der Waals surface area contributed by atoms with Gasteiger partial charge in [0.1, 0.15) is 0 Å². The predicted octanol–water partition coefficient (Wildman–Crippen LogP) is 2.32. The third-order valence-electron chi connectivity index (χ3n) is 5.79. The third kappa shape index (κ3) is 4.60. The summed E-state index contributed by atoms with van der Waals surface area (Å²) < 4.78 is 5.62. The fourth-order valence-corrected chi connectivity index (χ4v) is 4.39. The van der Waals surface area contributed by atoms with Crippen LogP contribution >= 0.6 is 0 Å². The number of ether oxygens (including phenoxy) is 1. The fourth-order valence-electron chi connectivity index (χ4n) is 4.39. The highest BCUT2D eigenvalue weighted by Gasteiger charge is 2.38. The molecule has 0 aromatic carbocycles. The molecule has 2 aliphatic heterocycles. The monoisotopic (exact) mass is 323 g/mol. The lowest BCUT2D eigenvalue weighted by atomic mass is 10.0. The van der Waals surface area contributed by atoms with Crippen molar-refractivity contribution in [1.29, 1.82) is 0 Å². The number of likely N-dealkylation sites (tertiary alicyclic amines) is 2. The Hall–Kier alpha value is -0.810. The number of amides is 2. The molecule has 1 aliphatic carbocycles. The topological polar surface area (TPSA) is 44.8 Å². The minimum absolute atomic E-state index is 0.181. The Labute approximate surface area is 140 Å². The second kappa shape index (κ2) is 7.84. The van der Waals surface area contributed by atoms with Crippen LogP contribution in [0.5, 0.6) is 0 Å². The molecule has 2 heterocycles. The van der Waals surface area contributed by atoms with E-state index in [1.54, 1.807) is 0 Å². The number of fused-ring (bicyclic) bond motifs is 1. The number of piperidine rings is 1. The Bertz CT molecular complexity index is 382. The Morgan fingerprint density at radius 1 is 1.13 bits per heavy atom. The minimum Gasteiger partial charge on any atom is -0.377 e. The molecule has 2 amide bonds. The number of nitrogens with one attached hydrogen (secondary N) is 1. The van der Waals surface area contributed by atoms with E-state index < -0.39 is 0 Å². The van der Waals surface area contributed by atoms with E-state index in [0.717, 1.165) is 64.0 Å². The van der Waals surface area contributed by atoms with Crippen molar-refractivity contribution in [3.8, 4) is 0 Å². The number of nitrogens with zero attached hydrogens (tertiary/aromatic N) is 2. The average molecular weight is 323 g/mol. The van der Waals surface area contributed by atoms with Gasteiger partial charge in [-0.25, -0.2) is 4.79 Å². The molecule has 2 atom stereocenters. The van der Waals surface area contributed by atoms with Crippen molar-refractivity contribution < 1.29 is 9.53 Å². The Kier molecular flexibility index (Phi) is 5.81. The maximum Gasteiger partial charge on any atom is 0.317 e. The van der Waals surface area contributed by atoms with Gasteiger partial charge in [0.25, 0.3) is 0 Å². The number of carbonyl (C=O) groups excluding carboxylic acids is 1. The minimum atomic E-state index is 0.181. The van der Waals surface area contributed by atoms with E-state index in [2.05, 4.69) is 29.0 Å². The molecule has 0 spiro atoms. The van der Waals surface area contributed by atoms with Crippen molar-refractivity contribution in [2.24, 2.45) is 11.8 Å². The van der Waals surface area contributed by atoms with Gasteiger partial charge in [-0.2, -0.15) is 0 Å². The Morgan fingerprint density at radius 2 is 1.78 bits per heavy atom. The summed E-state index contributed by atoms with van der Waals surface area (Å²) in [6.45, 7) is 10.1. The van der Waals surface area contributed by atoms with Crippen LogP contribution < -0.4 is 5.32 Å². The fraction of sp³-hybridized carbons (Fsp3) is 0.944. The zero-order valence-electron chi connectivity index (χ0n) is 14.8. The normalized spacial score (nSPS) is 29.3. The highest BCUT2D eigenvalue weighted by atomic mass is 16.5. The van der Waals surface area contributed by atoms with Crippen molar-refractivity contribution in [1.82, 2.24) is 15.1 Å². The van der Waals surface area contributed by atoms with Crippen LogP contribution in [0.2, 0.25) is 0 Å². The lowest BCUT2D eigenvalue weighted by Gasteiger charge is -2.33. The van der Waals surface area contributed by atoms with Crippen LogP contribution in [0, 0.1) is 11.8 Å². The van der Waals surface area contributed by atoms with Crippen molar-refractivity contribution >= 4 is 6.03 Å². The molecule has 0 bridgehead atoms. The van der Waals surface area contributed by atoms with E-state index in [-0.39, 0.29) is 6.03 Å². The Balaban J connectivity index is 1.33. The number of carbonyl (C=O) groups is 1. The summed E-state index contributed by atoms with van der Waals surface area (Å²) in [4.78, 5) is 17.0. The first-order valence-corrected chi connectivity index (χ1v) is 9.51. The first kappa shape index (κ1) is 17.0. The van der Waals surface area contributed by atoms with E-state index in [1.165, 1.54) is 19.3 Å². The van der Waals surface area contributed by atoms with Gasteiger partial charge in [0.2, 0.25) is 0 Å². The zero-order valence-corrected chi connectivity index (χ0v) is 14.8. The molecule has 3 aliphatic rings. The molecule has 0 aromatic heterocycles. The first-order valence-electron chi connectivity index (χ1n) is 9.51. The van der Waals surface area contributed by atoms with Crippen LogP contribution in [0.4, 0.5) is 4.79 Å². The van der Waals surface area contributed by atoms with Crippen LogP contribution in [0.3, 0.4) is 0 Å². The van der Waals surface area contributed by atoms with Gasteiger partial charge in [-0.1, -0.05) is 6.42 Å². The highest BCUT2D eigenvalue weighted by molar-refractivity contribution is 5.75. The molecule has 0 aromatic rings. The second-order valence-corrected chi connectivity index (χ2v) is 7.84. The molecule has 3 rings (SSSR count). The van der Waals surface area contributed by atoms with Crippen LogP contribution in [0.25, 0.3) is 0 Å². The van der Waals surface area contributed by atoms with Gasteiger partial charge in [-0.3, -0.25) is 0 Å². The number of urea groups is 1. The number of rotatable bonds is 5. The van der Waals surface area contributed by atoms with E-state index >= 15 is 0 Å². The van der Waals surface area contributed by atoms with Gasteiger partial charge >= 0.3 is 6.03 Å². The van der Waals surface area contributed by atoms with Crippen LogP contribution in [-0.4, -0.2) is 67.3 Å². The van der Waals surface area contributed by atoms with Gasteiger partial charge in [0, 0.05) is 38.8 Å². The molecular formula is C18H33N3O2. The SMILES string of the molecule is CC(C)OCCN1CCC(NC(=O)N2C[C@H]3CCC[C@@H]3C2)CC1. The lowest BCUT2D eigenvalue weighted by molar-refractivity contribution is 0.0527. The standard InChI is InChI=1S/C18H33N3O2/c1-14(2)23-11-10-20-8-6-17(7-9-20)19-18(22)21-12-15-4-3-5-16(15)13-21/h14-17H,3-13H2,1-2H3,(H,19,22)/t15-,16-/m1/s1. The van der Waals surface area contributed by atoms with Gasteiger partial charge in [0.15, 0.2) is 0 Å². The first-order chi connectivity index (χ1) is 11.1. The lowest BCUT2D eigenvalue weighted by Crippen LogP contribution is -2.49. The summed E-state index contributed by atoms with van der Waals surface area (Å²) in [6.07, 6.45) is 6.45. The van der Waals surface area contributed by atoms with Crippen LogP contribution in [0.1, 0.15) is 46.0 Å². The molecule has 5 heteroatoms. The van der Waals surface area contributed by atoms with Gasteiger partial charge in [-0.05, 0) is 51.4 Å². The summed E-state index contributed by atoms with van der Waals surface area (Å²) in [7, 11) is 0. The van der Waals surface area contributed by atoms with E-state index in [9.17, 15) is 4.79 Å². The molecular weight excluding hydrogens is 290 g/mol. The molecule has 132 valence electrons. The molecule has 23 heavy (non-hydrogen) atoms. The van der Waals surface area contributed by atoms with Crippen molar-refractivity contribution in [3.63, 3.8) is 0 Å². The smallest absolute Gasteiger partial charge is 0.317 e.